The van der Waals surface area contributed by atoms with E-state index < -0.39 is 9.84 Å². The summed E-state index contributed by atoms with van der Waals surface area (Å²) in [7, 11) is -3.03. The van der Waals surface area contributed by atoms with Crippen molar-refractivity contribution in [2.24, 2.45) is 0 Å². The van der Waals surface area contributed by atoms with Crippen molar-refractivity contribution in [1.29, 1.82) is 0 Å². The summed E-state index contributed by atoms with van der Waals surface area (Å²) in [6, 6.07) is 1.73. The second kappa shape index (κ2) is 8.14. The average molecular weight is 412 g/mol. The van der Waals surface area contributed by atoms with Gasteiger partial charge in [-0.05, 0) is 32.8 Å². The molecule has 1 amide bonds. The first-order chi connectivity index (χ1) is 12.8. The van der Waals surface area contributed by atoms with Crippen molar-refractivity contribution in [1.82, 2.24) is 24.5 Å². The fraction of sp³-hybridized carbons (Fsp3) is 0.647. The Morgan fingerprint density at radius 2 is 2.15 bits per heavy atom. The first-order valence-corrected chi connectivity index (χ1v) is 11.9. The lowest BCUT2D eigenvalue weighted by molar-refractivity contribution is -0.130. The third kappa shape index (κ3) is 4.60. The number of amides is 1. The number of carbonyl (C=O) groups excluding carboxylic acids is 1. The van der Waals surface area contributed by atoms with Gasteiger partial charge in [0.1, 0.15) is 0 Å². The number of sulfone groups is 1. The third-order valence-electron chi connectivity index (χ3n) is 4.71. The predicted octanol–water partition coefficient (Wildman–Crippen LogP) is 1.65. The van der Waals surface area contributed by atoms with Crippen LogP contribution >= 0.6 is 11.8 Å². The summed E-state index contributed by atoms with van der Waals surface area (Å²) < 4.78 is 25.5. The molecule has 0 unspecified atom stereocenters. The number of hydrogen-bond donors (Lipinski definition) is 0. The Morgan fingerprint density at radius 1 is 1.37 bits per heavy atom. The highest BCUT2D eigenvalue weighted by atomic mass is 32.2. The predicted molar refractivity (Wildman–Crippen MR) is 105 cm³/mol. The zero-order chi connectivity index (χ0) is 19.6. The van der Waals surface area contributed by atoms with Crippen LogP contribution in [0.15, 0.2) is 11.2 Å². The van der Waals surface area contributed by atoms with Crippen LogP contribution in [0.25, 0.3) is 5.78 Å². The molecule has 3 rings (SSSR count). The Kier molecular flexibility index (Phi) is 6.05. The summed E-state index contributed by atoms with van der Waals surface area (Å²) in [5.74, 6) is 0.911. The molecule has 0 bridgehead atoms. The molecule has 1 aliphatic heterocycles. The van der Waals surface area contributed by atoms with Crippen LogP contribution in [0.1, 0.15) is 37.6 Å². The molecule has 2 aromatic rings. The lowest BCUT2D eigenvalue weighted by atomic mass is 10.2. The molecular weight excluding hydrogens is 386 g/mol. The van der Waals surface area contributed by atoms with Crippen LogP contribution in [0.4, 0.5) is 0 Å². The Balaban J connectivity index is 1.72. The normalized spacial score (nSPS) is 18.9. The van der Waals surface area contributed by atoms with E-state index in [4.69, 9.17) is 0 Å². The quantitative estimate of drug-likeness (QED) is 0.639. The highest BCUT2D eigenvalue weighted by Crippen LogP contribution is 2.22. The molecule has 0 saturated carbocycles. The summed E-state index contributed by atoms with van der Waals surface area (Å²) in [6.45, 7) is 6.51. The summed E-state index contributed by atoms with van der Waals surface area (Å²) in [6.07, 6.45) is 2.34. The van der Waals surface area contributed by atoms with Crippen LogP contribution in [0.2, 0.25) is 0 Å². The lowest BCUT2D eigenvalue weighted by Gasteiger charge is -2.28. The average Bonchev–Trinajstić information content (AvgIpc) is 3.16. The standard InChI is InChI=1S/C17H25N5O3S2/c1-4-5-7-21(14-6-8-27(24,25)11-14)15(23)10-26-17-20-19-16-18-12(2)9-13(3)22(16)17/h9,14H,4-8,10-11H2,1-3H3/t14-/m0/s1. The topological polar surface area (TPSA) is 97.5 Å². The Labute approximate surface area is 163 Å². The SMILES string of the molecule is CCCCN(C(=O)CSc1nnc2nc(C)cc(C)n12)[C@H]1CCS(=O)(=O)C1. The van der Waals surface area contributed by atoms with Crippen LogP contribution in [0.3, 0.4) is 0 Å². The lowest BCUT2D eigenvalue weighted by Crippen LogP contribution is -2.42. The fourth-order valence-corrected chi connectivity index (χ4v) is 5.97. The van der Waals surface area contributed by atoms with Crippen LogP contribution in [0, 0.1) is 13.8 Å². The van der Waals surface area contributed by atoms with Crippen molar-refractivity contribution in [3.05, 3.63) is 17.5 Å². The molecule has 10 heteroatoms. The number of unbranched alkanes of at least 4 members (excludes halogenated alkanes) is 1. The van der Waals surface area contributed by atoms with E-state index >= 15 is 0 Å². The van der Waals surface area contributed by atoms with E-state index in [2.05, 4.69) is 22.1 Å². The molecule has 27 heavy (non-hydrogen) atoms. The van der Waals surface area contributed by atoms with Crippen molar-refractivity contribution >= 4 is 33.3 Å². The van der Waals surface area contributed by atoms with Gasteiger partial charge in [0.05, 0.1) is 17.3 Å². The molecule has 148 valence electrons. The van der Waals surface area contributed by atoms with Gasteiger partial charge in [-0.3, -0.25) is 9.20 Å². The van der Waals surface area contributed by atoms with Crippen molar-refractivity contribution in [3.63, 3.8) is 0 Å². The van der Waals surface area contributed by atoms with Crippen LogP contribution in [-0.4, -0.2) is 68.7 Å². The maximum Gasteiger partial charge on any atom is 0.256 e. The molecule has 1 aliphatic rings. The van der Waals surface area contributed by atoms with Crippen molar-refractivity contribution in [2.75, 3.05) is 23.8 Å². The van der Waals surface area contributed by atoms with Gasteiger partial charge in [-0.2, -0.15) is 0 Å². The number of carbonyl (C=O) groups is 1. The smallest absolute Gasteiger partial charge is 0.256 e. The molecule has 0 spiro atoms. The molecule has 2 aromatic heterocycles. The van der Waals surface area contributed by atoms with Crippen LogP contribution in [-0.2, 0) is 14.6 Å². The van der Waals surface area contributed by atoms with Gasteiger partial charge in [0, 0.05) is 24.0 Å². The maximum atomic E-state index is 12.9. The van der Waals surface area contributed by atoms with Gasteiger partial charge in [0.25, 0.3) is 5.78 Å². The molecule has 1 saturated heterocycles. The molecule has 0 aromatic carbocycles. The maximum absolute atomic E-state index is 12.9. The Bertz CT molecular complexity index is 941. The third-order valence-corrected chi connectivity index (χ3v) is 7.37. The van der Waals surface area contributed by atoms with E-state index in [0.717, 1.165) is 24.2 Å². The largest absolute Gasteiger partial charge is 0.338 e. The minimum Gasteiger partial charge on any atom is -0.338 e. The molecule has 0 N–H and O–H groups in total. The number of aromatic nitrogens is 4. The Morgan fingerprint density at radius 3 is 2.81 bits per heavy atom. The van der Waals surface area contributed by atoms with Crippen molar-refractivity contribution in [2.45, 2.75) is 51.2 Å². The number of thioether (sulfide) groups is 1. The number of hydrogen-bond acceptors (Lipinski definition) is 7. The molecule has 3 heterocycles. The molecule has 0 radical (unpaired) electrons. The van der Waals surface area contributed by atoms with Gasteiger partial charge in [-0.15, -0.1) is 10.2 Å². The second-order valence-corrected chi connectivity index (χ2v) is 10.1. The second-order valence-electron chi connectivity index (χ2n) is 6.94. The summed E-state index contributed by atoms with van der Waals surface area (Å²) in [5, 5.41) is 8.87. The van der Waals surface area contributed by atoms with E-state index in [1.165, 1.54) is 11.8 Å². The van der Waals surface area contributed by atoms with Gasteiger partial charge in [-0.25, -0.2) is 13.4 Å². The molecule has 8 nitrogen and oxygen atoms in total. The molecule has 0 aliphatic carbocycles. The minimum absolute atomic E-state index is 0.0509. The molecule has 1 atom stereocenters. The van der Waals surface area contributed by atoms with E-state index in [9.17, 15) is 13.2 Å². The van der Waals surface area contributed by atoms with E-state index in [1.807, 2.05) is 24.3 Å². The summed E-state index contributed by atoms with van der Waals surface area (Å²) >= 11 is 1.31. The number of rotatable bonds is 7. The Hall–Kier alpha value is -1.68. The zero-order valence-electron chi connectivity index (χ0n) is 15.9. The van der Waals surface area contributed by atoms with Crippen LogP contribution < -0.4 is 0 Å². The van der Waals surface area contributed by atoms with E-state index in [-0.39, 0.29) is 29.2 Å². The van der Waals surface area contributed by atoms with Gasteiger partial charge in [0.2, 0.25) is 5.91 Å². The molecular formula is C17H25N5O3S2. The van der Waals surface area contributed by atoms with E-state index in [0.29, 0.717) is 23.9 Å². The van der Waals surface area contributed by atoms with Gasteiger partial charge < -0.3 is 4.90 Å². The highest BCUT2D eigenvalue weighted by molar-refractivity contribution is 7.99. The van der Waals surface area contributed by atoms with Crippen molar-refractivity contribution < 1.29 is 13.2 Å². The highest BCUT2D eigenvalue weighted by Gasteiger charge is 2.34. The monoisotopic (exact) mass is 411 g/mol. The van der Waals surface area contributed by atoms with Gasteiger partial charge >= 0.3 is 0 Å². The van der Waals surface area contributed by atoms with Gasteiger partial charge in [0.15, 0.2) is 15.0 Å². The first-order valence-electron chi connectivity index (χ1n) is 9.13. The van der Waals surface area contributed by atoms with Crippen LogP contribution in [0.5, 0.6) is 0 Å². The molecule has 1 fully saturated rings. The number of aryl methyl sites for hydroxylation is 2. The summed E-state index contributed by atoms with van der Waals surface area (Å²) in [4.78, 5) is 19.0. The fourth-order valence-electron chi connectivity index (χ4n) is 3.36. The van der Waals surface area contributed by atoms with Gasteiger partial charge in [-0.1, -0.05) is 25.1 Å². The van der Waals surface area contributed by atoms with E-state index in [1.54, 1.807) is 4.90 Å². The first kappa shape index (κ1) is 20.1. The number of fused-ring (bicyclic) bond motifs is 1. The summed E-state index contributed by atoms with van der Waals surface area (Å²) in [5.41, 5.74) is 1.83. The minimum atomic E-state index is -3.03. The van der Waals surface area contributed by atoms with Crippen molar-refractivity contribution in [3.8, 4) is 0 Å². The number of nitrogens with zero attached hydrogens (tertiary/aromatic N) is 5. The zero-order valence-corrected chi connectivity index (χ0v) is 17.5.